The Labute approximate surface area is 205 Å². The highest BCUT2D eigenvalue weighted by Gasteiger charge is 2.30. The molecule has 0 bridgehead atoms. The number of nitrogens with zero attached hydrogens (tertiary/aromatic N) is 1. The zero-order valence-electron chi connectivity index (χ0n) is 20.4. The van der Waals surface area contributed by atoms with Gasteiger partial charge in [-0.25, -0.2) is 0 Å². The van der Waals surface area contributed by atoms with Crippen molar-refractivity contribution in [3.8, 4) is 11.5 Å². The van der Waals surface area contributed by atoms with E-state index in [4.69, 9.17) is 9.47 Å². The Morgan fingerprint density at radius 3 is 2.59 bits per heavy atom. The first-order valence-electron chi connectivity index (χ1n) is 11.7. The van der Waals surface area contributed by atoms with Gasteiger partial charge in [-0.2, -0.15) is 0 Å². The van der Waals surface area contributed by atoms with Crippen molar-refractivity contribution >= 4 is 35.3 Å². The third-order valence-corrected chi connectivity index (χ3v) is 8.12. The number of ether oxygens (including phenoxy) is 2. The highest BCUT2D eigenvalue weighted by molar-refractivity contribution is 8.04. The van der Waals surface area contributed by atoms with Crippen LogP contribution >= 0.6 is 11.8 Å². The Kier molecular flexibility index (Phi) is 7.22. The maximum absolute atomic E-state index is 13.1. The van der Waals surface area contributed by atoms with Crippen LogP contribution in [0.1, 0.15) is 49.0 Å². The Bertz CT molecular complexity index is 1130. The Hall–Kier alpha value is -2.93. The van der Waals surface area contributed by atoms with E-state index in [9.17, 15) is 9.59 Å². The summed E-state index contributed by atoms with van der Waals surface area (Å²) in [5.74, 6) is 2.12. The number of carbonyl (C=O) groups is 2. The van der Waals surface area contributed by atoms with Crippen LogP contribution in [0.2, 0.25) is 0 Å². The van der Waals surface area contributed by atoms with Crippen LogP contribution < -0.4 is 19.7 Å². The number of hydrogen-bond donors (Lipinski definition) is 1. The Balaban J connectivity index is 1.55. The van der Waals surface area contributed by atoms with Gasteiger partial charge in [-0.15, -0.1) is 0 Å². The minimum absolute atomic E-state index is 0.0775. The molecule has 0 spiro atoms. The van der Waals surface area contributed by atoms with Gasteiger partial charge >= 0.3 is 0 Å². The quantitative estimate of drug-likeness (QED) is 0.583. The number of nitrogens with one attached hydrogen (secondary N) is 1. The van der Waals surface area contributed by atoms with E-state index in [1.165, 1.54) is 18.2 Å². The number of benzene rings is 2. The summed E-state index contributed by atoms with van der Waals surface area (Å²) in [6.07, 6.45) is 5.22. The van der Waals surface area contributed by atoms with Crippen LogP contribution in [-0.2, 0) is 4.79 Å². The summed E-state index contributed by atoms with van der Waals surface area (Å²) >= 11 is 1.41. The van der Waals surface area contributed by atoms with Gasteiger partial charge in [0.2, 0.25) is 0 Å². The van der Waals surface area contributed by atoms with Crippen molar-refractivity contribution in [3.05, 3.63) is 52.4 Å². The van der Waals surface area contributed by atoms with Gasteiger partial charge in [0.05, 0.1) is 24.8 Å². The van der Waals surface area contributed by atoms with Crippen LogP contribution in [0, 0.1) is 11.8 Å². The Morgan fingerprint density at radius 1 is 1.09 bits per heavy atom. The van der Waals surface area contributed by atoms with E-state index in [0.717, 1.165) is 29.0 Å². The van der Waals surface area contributed by atoms with E-state index < -0.39 is 0 Å². The highest BCUT2D eigenvalue weighted by atomic mass is 32.2. The van der Waals surface area contributed by atoms with Crippen molar-refractivity contribution in [2.75, 3.05) is 26.2 Å². The maximum atomic E-state index is 13.1. The van der Waals surface area contributed by atoms with Gasteiger partial charge in [-0.1, -0.05) is 44.5 Å². The number of fused-ring (bicyclic) bond motifs is 1. The molecule has 1 heterocycles. The molecule has 180 valence electrons. The first kappa shape index (κ1) is 24.2. The topological polar surface area (TPSA) is 67.9 Å². The maximum Gasteiger partial charge on any atom is 0.264 e. The second-order valence-electron chi connectivity index (χ2n) is 9.12. The van der Waals surface area contributed by atoms with Crippen molar-refractivity contribution in [3.63, 3.8) is 0 Å². The largest absolute Gasteiger partial charge is 0.493 e. The first-order chi connectivity index (χ1) is 16.3. The van der Waals surface area contributed by atoms with E-state index in [-0.39, 0.29) is 17.9 Å². The summed E-state index contributed by atoms with van der Waals surface area (Å²) in [7, 11) is 4.92. The van der Waals surface area contributed by atoms with Crippen LogP contribution in [0.5, 0.6) is 11.5 Å². The van der Waals surface area contributed by atoms with Gasteiger partial charge in [0.1, 0.15) is 0 Å². The minimum Gasteiger partial charge on any atom is -0.493 e. The fourth-order valence-corrected chi connectivity index (χ4v) is 5.76. The van der Waals surface area contributed by atoms with Crippen molar-refractivity contribution in [2.24, 2.45) is 11.8 Å². The second kappa shape index (κ2) is 10.1. The molecular weight excluding hydrogens is 448 g/mol. The van der Waals surface area contributed by atoms with Crippen LogP contribution in [0.4, 0.5) is 5.69 Å². The molecule has 2 aliphatic rings. The third-order valence-electron chi connectivity index (χ3n) is 7.05. The summed E-state index contributed by atoms with van der Waals surface area (Å²) in [5, 5.41) is 3.23. The van der Waals surface area contributed by atoms with Gasteiger partial charge in [-0.3, -0.25) is 9.59 Å². The van der Waals surface area contributed by atoms with Gasteiger partial charge in [0.15, 0.2) is 11.5 Å². The summed E-state index contributed by atoms with van der Waals surface area (Å²) in [6.45, 7) is 4.48. The molecule has 0 aromatic heterocycles. The molecular formula is C27H32N2O4S. The molecule has 2 amide bonds. The molecule has 3 atom stereocenters. The van der Waals surface area contributed by atoms with Crippen LogP contribution in [0.3, 0.4) is 0 Å². The van der Waals surface area contributed by atoms with E-state index in [2.05, 4.69) is 19.2 Å². The van der Waals surface area contributed by atoms with Crippen molar-refractivity contribution < 1.29 is 19.1 Å². The number of rotatable bonds is 5. The molecule has 2 aromatic rings. The molecule has 3 unspecified atom stereocenters. The number of hydrogen-bond acceptors (Lipinski definition) is 5. The van der Waals surface area contributed by atoms with E-state index >= 15 is 0 Å². The molecule has 7 heteroatoms. The molecule has 0 radical (unpaired) electrons. The van der Waals surface area contributed by atoms with Crippen molar-refractivity contribution in [1.82, 2.24) is 5.32 Å². The average molecular weight is 481 g/mol. The number of likely N-dealkylation sites (N-methyl/N-ethyl adjacent to an activating group) is 1. The van der Waals surface area contributed by atoms with Crippen LogP contribution in [0.15, 0.2) is 46.2 Å². The first-order valence-corrected chi connectivity index (χ1v) is 12.5. The number of thioether (sulfide) groups is 1. The normalized spacial score (nSPS) is 23.4. The number of methoxy groups -OCH3 is 2. The molecule has 1 N–H and O–H groups in total. The lowest BCUT2D eigenvalue weighted by atomic mass is 9.78. The number of amides is 2. The van der Waals surface area contributed by atoms with E-state index in [1.807, 2.05) is 42.5 Å². The lowest BCUT2D eigenvalue weighted by Gasteiger charge is -2.34. The highest BCUT2D eigenvalue weighted by Crippen LogP contribution is 2.42. The molecule has 6 nitrogen and oxygen atoms in total. The fourth-order valence-electron chi connectivity index (χ4n) is 4.67. The van der Waals surface area contributed by atoms with Gasteiger partial charge < -0.3 is 19.7 Å². The monoisotopic (exact) mass is 480 g/mol. The minimum atomic E-state index is -0.112. The predicted octanol–water partition coefficient (Wildman–Crippen LogP) is 5.37. The molecule has 1 aliphatic carbocycles. The van der Waals surface area contributed by atoms with Crippen LogP contribution in [-0.4, -0.2) is 39.1 Å². The second-order valence-corrected chi connectivity index (χ2v) is 10.2. The zero-order valence-corrected chi connectivity index (χ0v) is 21.2. The average Bonchev–Trinajstić information content (AvgIpc) is 2.84. The van der Waals surface area contributed by atoms with E-state index in [0.29, 0.717) is 33.8 Å². The molecule has 0 saturated heterocycles. The molecule has 1 aliphatic heterocycles. The van der Waals surface area contributed by atoms with Gasteiger partial charge in [0, 0.05) is 23.5 Å². The van der Waals surface area contributed by atoms with Crippen LogP contribution in [0.25, 0.3) is 6.08 Å². The molecule has 1 fully saturated rings. The number of anilines is 1. The molecule has 34 heavy (non-hydrogen) atoms. The van der Waals surface area contributed by atoms with E-state index in [1.54, 1.807) is 26.2 Å². The van der Waals surface area contributed by atoms with Crippen molar-refractivity contribution in [1.29, 1.82) is 0 Å². The molecule has 1 saturated carbocycles. The Morgan fingerprint density at radius 2 is 1.85 bits per heavy atom. The predicted molar refractivity (Wildman–Crippen MR) is 137 cm³/mol. The summed E-state index contributed by atoms with van der Waals surface area (Å²) in [5.41, 5.74) is 2.17. The smallest absolute Gasteiger partial charge is 0.264 e. The zero-order chi connectivity index (χ0) is 24.4. The lowest BCUT2D eigenvalue weighted by Crippen LogP contribution is -2.43. The van der Waals surface area contributed by atoms with Gasteiger partial charge in [0.25, 0.3) is 11.8 Å². The summed E-state index contributed by atoms with van der Waals surface area (Å²) in [4.78, 5) is 29.3. The van der Waals surface area contributed by atoms with Gasteiger partial charge in [-0.05, 0) is 60.2 Å². The van der Waals surface area contributed by atoms with Crippen molar-refractivity contribution in [2.45, 2.75) is 44.0 Å². The molecule has 4 rings (SSSR count). The fraction of sp³-hybridized carbons (Fsp3) is 0.407. The lowest BCUT2D eigenvalue weighted by molar-refractivity contribution is -0.114. The standard InChI is InChI=1S/C27H32N2O4S/c1-16-7-6-8-20(17(16)2)28-26(30)19-10-12-24-21(15-19)29(3)27(31)25(34-24)14-18-9-11-22(32-4)23(13-18)33-5/h9-17,20H,6-8H2,1-5H3,(H,28,30)/b25-14-. The SMILES string of the molecule is COc1ccc(/C=C2\Sc3ccc(C(=O)NC4CCCC(C)C4C)cc3N(C)C2=O)cc1OC. The summed E-state index contributed by atoms with van der Waals surface area (Å²) in [6, 6.07) is 11.3. The molecule has 2 aromatic carbocycles. The summed E-state index contributed by atoms with van der Waals surface area (Å²) < 4.78 is 10.7. The number of carbonyl (C=O) groups excluding carboxylic acids is 2. The third kappa shape index (κ3) is 4.80.